The van der Waals surface area contributed by atoms with E-state index in [9.17, 15) is 5.26 Å². The van der Waals surface area contributed by atoms with E-state index in [0.29, 0.717) is 0 Å². The van der Waals surface area contributed by atoms with E-state index in [0.717, 1.165) is 12.0 Å². The summed E-state index contributed by atoms with van der Waals surface area (Å²) in [4.78, 5) is 2.56. The first-order chi connectivity index (χ1) is 10.7. The molecule has 22 heavy (non-hydrogen) atoms. The molecule has 0 unspecified atom stereocenters. The second-order valence-electron chi connectivity index (χ2n) is 5.91. The van der Waals surface area contributed by atoms with Gasteiger partial charge in [-0.15, -0.1) is 11.3 Å². The second-order valence-corrected chi connectivity index (χ2v) is 7.20. The molecular weight excluding hydrogens is 286 g/mol. The van der Waals surface area contributed by atoms with Gasteiger partial charge in [-0.05, 0) is 49.1 Å². The predicted octanol–water partition coefficient (Wildman–Crippen LogP) is 6.50. The Kier molecular flexibility index (Phi) is 6.68. The number of nitriles is 1. The molecule has 0 radical (unpaired) electrons. The van der Waals surface area contributed by atoms with Crippen molar-refractivity contribution in [3.05, 3.63) is 46.3 Å². The molecule has 0 saturated heterocycles. The molecule has 0 atom stereocenters. The maximum absolute atomic E-state index is 9.42. The second kappa shape index (κ2) is 8.76. The van der Waals surface area contributed by atoms with E-state index in [1.54, 1.807) is 11.3 Å². The fraction of sp³-hybridized carbons (Fsp3) is 0.450. The van der Waals surface area contributed by atoms with Gasteiger partial charge >= 0.3 is 0 Å². The zero-order valence-electron chi connectivity index (χ0n) is 13.7. The van der Waals surface area contributed by atoms with Crippen molar-refractivity contribution in [2.75, 3.05) is 0 Å². The van der Waals surface area contributed by atoms with Gasteiger partial charge in [0, 0.05) is 9.75 Å². The Labute approximate surface area is 138 Å². The average Bonchev–Trinajstić information content (AvgIpc) is 2.97. The fourth-order valence-corrected chi connectivity index (χ4v) is 3.60. The molecule has 0 bridgehead atoms. The number of rotatable bonds is 8. The van der Waals surface area contributed by atoms with E-state index in [1.165, 1.54) is 59.4 Å². The molecule has 0 N–H and O–H groups in total. The van der Waals surface area contributed by atoms with Gasteiger partial charge < -0.3 is 0 Å². The summed E-state index contributed by atoms with van der Waals surface area (Å²) in [6, 6.07) is 13.0. The van der Waals surface area contributed by atoms with Crippen molar-refractivity contribution in [2.45, 2.75) is 58.8 Å². The van der Waals surface area contributed by atoms with Gasteiger partial charge in [-0.2, -0.15) is 5.26 Å². The van der Waals surface area contributed by atoms with Crippen LogP contribution in [0, 0.1) is 18.3 Å². The predicted molar refractivity (Wildman–Crippen MR) is 96.3 cm³/mol. The van der Waals surface area contributed by atoms with Gasteiger partial charge in [-0.1, -0.05) is 51.2 Å². The number of aryl methyl sites for hydroxylation is 2. The smallest absolute Gasteiger partial charge is 0.0994 e. The molecule has 0 aliphatic carbocycles. The number of unbranched alkanes of at least 4 members (excludes halogenated alkanes) is 5. The Bertz CT molecular complexity index is 633. The summed E-state index contributed by atoms with van der Waals surface area (Å²) in [5.41, 5.74) is 3.22. The maximum atomic E-state index is 9.42. The van der Waals surface area contributed by atoms with Crippen molar-refractivity contribution in [2.24, 2.45) is 0 Å². The Morgan fingerprint density at radius 3 is 2.45 bits per heavy atom. The van der Waals surface area contributed by atoms with Crippen molar-refractivity contribution >= 4 is 11.3 Å². The Morgan fingerprint density at radius 1 is 1.00 bits per heavy atom. The van der Waals surface area contributed by atoms with Crippen molar-refractivity contribution < 1.29 is 0 Å². The highest BCUT2D eigenvalue weighted by Gasteiger charge is 2.06. The monoisotopic (exact) mass is 311 g/mol. The summed E-state index contributed by atoms with van der Waals surface area (Å²) in [6.45, 7) is 4.36. The molecule has 1 aromatic carbocycles. The topological polar surface area (TPSA) is 23.8 Å². The zero-order valence-corrected chi connectivity index (χ0v) is 14.5. The van der Waals surface area contributed by atoms with Gasteiger partial charge in [0.2, 0.25) is 0 Å². The van der Waals surface area contributed by atoms with Crippen LogP contribution in [0.3, 0.4) is 0 Å². The molecular formula is C20H25NS. The molecule has 1 heterocycles. The first-order valence-electron chi connectivity index (χ1n) is 8.34. The third-order valence-corrected chi connectivity index (χ3v) is 5.10. The van der Waals surface area contributed by atoms with Crippen LogP contribution in [0.5, 0.6) is 0 Å². The van der Waals surface area contributed by atoms with Gasteiger partial charge in [0.1, 0.15) is 0 Å². The first-order valence-corrected chi connectivity index (χ1v) is 9.16. The lowest BCUT2D eigenvalue weighted by Crippen LogP contribution is -1.92. The maximum Gasteiger partial charge on any atom is 0.0994 e. The molecule has 0 aliphatic rings. The van der Waals surface area contributed by atoms with Gasteiger partial charge in [-0.25, -0.2) is 0 Å². The minimum atomic E-state index is 0.845. The van der Waals surface area contributed by atoms with E-state index in [2.05, 4.69) is 50.2 Å². The summed E-state index contributed by atoms with van der Waals surface area (Å²) < 4.78 is 0. The van der Waals surface area contributed by atoms with Crippen LogP contribution in [0.4, 0.5) is 0 Å². The number of hydrogen-bond acceptors (Lipinski definition) is 2. The van der Waals surface area contributed by atoms with Crippen LogP contribution in [0.25, 0.3) is 10.4 Å². The Morgan fingerprint density at radius 2 is 1.77 bits per heavy atom. The van der Waals surface area contributed by atoms with Crippen molar-refractivity contribution in [1.29, 1.82) is 5.26 Å². The summed E-state index contributed by atoms with van der Waals surface area (Å²) >= 11 is 1.79. The largest absolute Gasteiger partial charge is 0.192 e. The molecule has 2 heteroatoms. The highest BCUT2D eigenvalue weighted by atomic mass is 32.1. The third kappa shape index (κ3) is 4.71. The molecule has 0 spiro atoms. The van der Waals surface area contributed by atoms with Crippen molar-refractivity contribution in [3.8, 4) is 16.5 Å². The van der Waals surface area contributed by atoms with E-state index >= 15 is 0 Å². The minimum absolute atomic E-state index is 0.845. The van der Waals surface area contributed by atoms with Crippen LogP contribution in [-0.4, -0.2) is 0 Å². The lowest BCUT2D eigenvalue weighted by Gasteiger charge is -2.06. The number of hydrogen-bond donors (Lipinski definition) is 0. The molecule has 2 aromatic rings. The highest BCUT2D eigenvalue weighted by molar-refractivity contribution is 7.15. The highest BCUT2D eigenvalue weighted by Crippen LogP contribution is 2.29. The molecule has 116 valence electrons. The van der Waals surface area contributed by atoms with Crippen LogP contribution in [0.2, 0.25) is 0 Å². The number of thiophene rings is 1. The average molecular weight is 311 g/mol. The van der Waals surface area contributed by atoms with Gasteiger partial charge in [0.15, 0.2) is 0 Å². The summed E-state index contributed by atoms with van der Waals surface area (Å²) in [6.07, 6.45) is 8.80. The molecule has 2 rings (SSSR count). The van der Waals surface area contributed by atoms with Gasteiger partial charge in [0.05, 0.1) is 11.6 Å². The number of nitrogens with zero attached hydrogens (tertiary/aromatic N) is 1. The third-order valence-electron chi connectivity index (χ3n) is 4.05. The molecule has 0 saturated carbocycles. The van der Waals surface area contributed by atoms with Gasteiger partial charge in [0.25, 0.3) is 0 Å². The molecule has 1 nitrogen and oxygen atoms in total. The van der Waals surface area contributed by atoms with E-state index in [1.807, 2.05) is 0 Å². The van der Waals surface area contributed by atoms with Gasteiger partial charge in [-0.3, -0.25) is 0 Å². The van der Waals surface area contributed by atoms with E-state index in [4.69, 9.17) is 0 Å². The lowest BCUT2D eigenvalue weighted by atomic mass is 9.98. The molecule has 0 aliphatic heterocycles. The van der Waals surface area contributed by atoms with Crippen LogP contribution in [0.1, 0.15) is 61.5 Å². The minimum Gasteiger partial charge on any atom is -0.192 e. The molecule has 1 aromatic heterocycles. The Hall–Kier alpha value is -1.59. The molecule has 0 fully saturated rings. The zero-order chi connectivity index (χ0) is 15.8. The standard InChI is InChI=1S/C20H25NS/c1-3-4-5-6-7-8-9-17-11-12-18(14-19(17)15-21)20-13-10-16(2)22-20/h10-14H,3-9H2,1-2H3. The Balaban J connectivity index is 1.96. The van der Waals surface area contributed by atoms with E-state index < -0.39 is 0 Å². The molecule has 0 amide bonds. The van der Waals surface area contributed by atoms with Crippen LogP contribution < -0.4 is 0 Å². The van der Waals surface area contributed by atoms with Crippen LogP contribution in [0.15, 0.2) is 30.3 Å². The van der Waals surface area contributed by atoms with Crippen LogP contribution >= 0.6 is 11.3 Å². The summed E-state index contributed by atoms with van der Waals surface area (Å²) in [7, 11) is 0. The number of benzene rings is 1. The van der Waals surface area contributed by atoms with Crippen molar-refractivity contribution in [3.63, 3.8) is 0 Å². The lowest BCUT2D eigenvalue weighted by molar-refractivity contribution is 0.607. The summed E-state index contributed by atoms with van der Waals surface area (Å²) in [5, 5.41) is 9.42. The van der Waals surface area contributed by atoms with E-state index in [-0.39, 0.29) is 0 Å². The van der Waals surface area contributed by atoms with Crippen molar-refractivity contribution in [1.82, 2.24) is 0 Å². The fourth-order valence-electron chi connectivity index (χ4n) is 2.74. The first kappa shape index (κ1) is 16.8. The quantitative estimate of drug-likeness (QED) is 0.510. The SMILES string of the molecule is CCCCCCCCc1ccc(-c2ccc(C)s2)cc1C#N. The summed E-state index contributed by atoms with van der Waals surface area (Å²) in [5.74, 6) is 0. The normalized spacial score (nSPS) is 10.6. The van der Waals surface area contributed by atoms with Crippen LogP contribution in [-0.2, 0) is 6.42 Å².